The number of carbonyl (C=O) groups excluding carboxylic acids is 1. The number of phenolic OH excluding ortho intramolecular Hbond substituents is 1. The van der Waals surface area contributed by atoms with Crippen molar-refractivity contribution < 1.29 is 24.2 Å². The summed E-state index contributed by atoms with van der Waals surface area (Å²) in [5.41, 5.74) is -0.173. The summed E-state index contributed by atoms with van der Waals surface area (Å²) in [6, 6.07) is 4.50. The molecule has 2 rings (SSSR count). The summed E-state index contributed by atoms with van der Waals surface area (Å²) >= 11 is 0. The van der Waals surface area contributed by atoms with Crippen LogP contribution in [0.4, 0.5) is 0 Å². The van der Waals surface area contributed by atoms with E-state index >= 15 is 0 Å². The molecule has 1 atom stereocenters. The number of hydrogen-bond acceptors (Lipinski definition) is 7. The number of aryl methyl sites for hydroxylation is 2. The zero-order chi connectivity index (χ0) is 17.1. The van der Waals surface area contributed by atoms with Crippen LogP contribution in [0.1, 0.15) is 29.4 Å². The lowest BCUT2D eigenvalue weighted by Gasteiger charge is -2.11. The van der Waals surface area contributed by atoms with E-state index in [9.17, 15) is 19.8 Å². The van der Waals surface area contributed by atoms with Gasteiger partial charge in [0.05, 0.1) is 25.2 Å². The number of methoxy groups -OCH3 is 1. The van der Waals surface area contributed by atoms with Crippen LogP contribution in [0.15, 0.2) is 21.3 Å². The Morgan fingerprint density at radius 3 is 2.78 bits per heavy atom. The average Bonchev–Trinajstić information content (AvgIpc) is 2.50. The van der Waals surface area contributed by atoms with Crippen molar-refractivity contribution in [2.45, 2.75) is 25.9 Å². The van der Waals surface area contributed by atoms with Crippen molar-refractivity contribution in [3.05, 3.63) is 39.2 Å². The van der Waals surface area contributed by atoms with Gasteiger partial charge in [-0.1, -0.05) is 0 Å². The number of carbonyl (C=O) groups is 1. The molecule has 0 amide bonds. The second-order valence-corrected chi connectivity index (χ2v) is 5.03. The molecule has 0 saturated carbocycles. The molecule has 1 aromatic heterocycles. The van der Waals surface area contributed by atoms with E-state index in [-0.39, 0.29) is 40.9 Å². The van der Waals surface area contributed by atoms with Crippen molar-refractivity contribution in [3.8, 4) is 11.8 Å². The number of aromatic hydroxyl groups is 1. The van der Waals surface area contributed by atoms with E-state index in [0.29, 0.717) is 5.56 Å². The standard InChI is InChI=1S/C16H15NO6/c1-8-5-9(18)14-12(6-8)23-11(3-4-13(20)22-2)15(16(14)21)10(19)7-17/h5-6,10,18-19H,3-4H2,1-2H3. The van der Waals surface area contributed by atoms with Crippen LogP contribution >= 0.6 is 0 Å². The number of hydrogen-bond donors (Lipinski definition) is 2. The predicted molar refractivity (Wildman–Crippen MR) is 79.8 cm³/mol. The first-order chi connectivity index (χ1) is 10.9. The normalized spacial score (nSPS) is 11.9. The summed E-state index contributed by atoms with van der Waals surface area (Å²) in [5.74, 6) is -0.788. The summed E-state index contributed by atoms with van der Waals surface area (Å²) in [6.07, 6.45) is -1.81. The Kier molecular flexibility index (Phi) is 4.67. The monoisotopic (exact) mass is 317 g/mol. The van der Waals surface area contributed by atoms with Crippen LogP contribution in [-0.4, -0.2) is 23.3 Å². The Morgan fingerprint density at radius 1 is 1.48 bits per heavy atom. The molecular weight excluding hydrogens is 302 g/mol. The SMILES string of the molecule is COC(=O)CCc1oc2cc(C)cc(O)c2c(=O)c1C(O)C#N. The average molecular weight is 317 g/mol. The fourth-order valence-corrected chi connectivity index (χ4v) is 2.34. The first-order valence-corrected chi connectivity index (χ1v) is 6.82. The fraction of sp³-hybridized carbons (Fsp3) is 0.312. The molecule has 0 fully saturated rings. The third-order valence-corrected chi connectivity index (χ3v) is 3.41. The third-order valence-electron chi connectivity index (χ3n) is 3.41. The van der Waals surface area contributed by atoms with Gasteiger partial charge in [-0.15, -0.1) is 0 Å². The lowest BCUT2D eigenvalue weighted by Crippen LogP contribution is -2.17. The molecule has 0 aliphatic carbocycles. The minimum Gasteiger partial charge on any atom is -0.507 e. The van der Waals surface area contributed by atoms with E-state index in [0.717, 1.165) is 0 Å². The van der Waals surface area contributed by atoms with Gasteiger partial charge in [-0.2, -0.15) is 5.26 Å². The number of aliphatic hydroxyl groups excluding tert-OH is 1. The first kappa shape index (κ1) is 16.5. The number of aliphatic hydroxyl groups is 1. The van der Waals surface area contributed by atoms with Gasteiger partial charge in [-0.05, 0) is 24.6 Å². The van der Waals surface area contributed by atoms with Crippen molar-refractivity contribution in [1.82, 2.24) is 0 Å². The molecule has 0 saturated heterocycles. The Morgan fingerprint density at radius 2 is 2.17 bits per heavy atom. The van der Waals surface area contributed by atoms with Crippen LogP contribution in [0.5, 0.6) is 5.75 Å². The summed E-state index contributed by atoms with van der Waals surface area (Å²) in [4.78, 5) is 23.8. The van der Waals surface area contributed by atoms with Gasteiger partial charge in [0.1, 0.15) is 22.5 Å². The van der Waals surface area contributed by atoms with Gasteiger partial charge < -0.3 is 19.4 Å². The summed E-state index contributed by atoms with van der Waals surface area (Å²) < 4.78 is 10.1. The number of rotatable bonds is 4. The Hall–Kier alpha value is -2.85. The summed E-state index contributed by atoms with van der Waals surface area (Å²) in [6.45, 7) is 1.71. The largest absolute Gasteiger partial charge is 0.507 e. The van der Waals surface area contributed by atoms with E-state index in [1.807, 2.05) is 0 Å². The Bertz CT molecular complexity index is 861. The number of phenols is 1. The maximum absolute atomic E-state index is 12.5. The molecule has 0 aliphatic rings. The van der Waals surface area contributed by atoms with Crippen molar-refractivity contribution in [2.75, 3.05) is 7.11 Å². The quantitative estimate of drug-likeness (QED) is 0.647. The lowest BCUT2D eigenvalue weighted by atomic mass is 10.0. The summed E-state index contributed by atoms with van der Waals surface area (Å²) in [5, 5.41) is 28.6. The molecule has 7 heteroatoms. The molecule has 7 nitrogen and oxygen atoms in total. The predicted octanol–water partition coefficient (Wildman–Crippen LogP) is 1.47. The smallest absolute Gasteiger partial charge is 0.305 e. The number of fused-ring (bicyclic) bond motifs is 1. The van der Waals surface area contributed by atoms with Crippen LogP contribution < -0.4 is 5.43 Å². The highest BCUT2D eigenvalue weighted by Gasteiger charge is 2.23. The highest BCUT2D eigenvalue weighted by molar-refractivity contribution is 5.84. The number of nitriles is 1. The first-order valence-electron chi connectivity index (χ1n) is 6.82. The second kappa shape index (κ2) is 6.50. The maximum Gasteiger partial charge on any atom is 0.305 e. The molecule has 0 spiro atoms. The van der Waals surface area contributed by atoms with Crippen LogP contribution in [0.2, 0.25) is 0 Å². The molecule has 1 aromatic carbocycles. The van der Waals surface area contributed by atoms with Gasteiger partial charge in [0.15, 0.2) is 6.10 Å². The number of benzene rings is 1. The van der Waals surface area contributed by atoms with Crippen molar-refractivity contribution in [1.29, 1.82) is 5.26 Å². The van der Waals surface area contributed by atoms with Crippen molar-refractivity contribution >= 4 is 16.9 Å². The molecule has 0 radical (unpaired) electrons. The molecule has 1 unspecified atom stereocenters. The Balaban J connectivity index is 2.71. The molecule has 0 bridgehead atoms. The van der Waals surface area contributed by atoms with Crippen LogP contribution in [0.25, 0.3) is 11.0 Å². The summed E-state index contributed by atoms with van der Waals surface area (Å²) in [7, 11) is 1.23. The molecule has 2 aromatic rings. The van der Waals surface area contributed by atoms with Crippen LogP contribution in [0.3, 0.4) is 0 Å². The van der Waals surface area contributed by atoms with Gasteiger partial charge in [-0.3, -0.25) is 9.59 Å². The highest BCUT2D eigenvalue weighted by Crippen LogP contribution is 2.28. The second-order valence-electron chi connectivity index (χ2n) is 5.03. The molecule has 23 heavy (non-hydrogen) atoms. The molecule has 120 valence electrons. The van der Waals surface area contributed by atoms with Crippen molar-refractivity contribution in [2.24, 2.45) is 0 Å². The maximum atomic E-state index is 12.5. The van der Waals surface area contributed by atoms with Crippen molar-refractivity contribution in [3.63, 3.8) is 0 Å². The minimum absolute atomic E-state index is 0.0133. The molecule has 2 N–H and O–H groups in total. The van der Waals surface area contributed by atoms with Gasteiger partial charge in [0.2, 0.25) is 5.43 Å². The molecular formula is C16H15NO6. The molecule has 1 heterocycles. The van der Waals surface area contributed by atoms with E-state index < -0.39 is 17.5 Å². The Labute approximate surface area is 131 Å². The number of nitrogens with zero attached hydrogens (tertiary/aromatic N) is 1. The fourth-order valence-electron chi connectivity index (χ4n) is 2.34. The highest BCUT2D eigenvalue weighted by atomic mass is 16.5. The topological polar surface area (TPSA) is 121 Å². The zero-order valence-electron chi connectivity index (χ0n) is 12.6. The van der Waals surface area contributed by atoms with Crippen LogP contribution in [-0.2, 0) is 16.0 Å². The number of ether oxygens (including phenoxy) is 1. The van der Waals surface area contributed by atoms with Gasteiger partial charge in [0, 0.05) is 6.42 Å². The lowest BCUT2D eigenvalue weighted by molar-refractivity contribution is -0.140. The van der Waals surface area contributed by atoms with E-state index in [4.69, 9.17) is 9.68 Å². The zero-order valence-corrected chi connectivity index (χ0v) is 12.6. The van der Waals surface area contributed by atoms with E-state index in [1.54, 1.807) is 19.1 Å². The molecule has 0 aliphatic heterocycles. The van der Waals surface area contributed by atoms with Gasteiger partial charge >= 0.3 is 5.97 Å². The van der Waals surface area contributed by atoms with Crippen LogP contribution in [0, 0.1) is 18.3 Å². The van der Waals surface area contributed by atoms with Gasteiger partial charge in [-0.25, -0.2) is 0 Å². The van der Waals surface area contributed by atoms with E-state index in [2.05, 4.69) is 4.74 Å². The minimum atomic E-state index is -1.72. The van der Waals surface area contributed by atoms with E-state index in [1.165, 1.54) is 13.2 Å². The number of esters is 1. The third kappa shape index (κ3) is 3.17. The van der Waals surface area contributed by atoms with Gasteiger partial charge in [0.25, 0.3) is 0 Å².